The summed E-state index contributed by atoms with van der Waals surface area (Å²) >= 11 is 7.11. The highest BCUT2D eigenvalue weighted by Crippen LogP contribution is 2.48. The molecule has 2 aromatic rings. The highest BCUT2D eigenvalue weighted by molar-refractivity contribution is 7.73. The van der Waals surface area contributed by atoms with Crippen LogP contribution in [0.4, 0.5) is 5.69 Å². The first-order valence-electron chi connectivity index (χ1n) is 18.1. The molecule has 2 aliphatic heterocycles. The Morgan fingerprint density at radius 3 is 2.50 bits per heavy atom. The summed E-state index contributed by atoms with van der Waals surface area (Å²) in [4.78, 5) is 15.1. The fourth-order valence-electron chi connectivity index (χ4n) is 8.00. The van der Waals surface area contributed by atoms with Crippen molar-refractivity contribution < 1.29 is 34.9 Å². The molecule has 2 unspecified atom stereocenters. The number of allylic oxidation sites excluding steroid dienone is 7. The number of rotatable bonds is 11. The van der Waals surface area contributed by atoms with Crippen molar-refractivity contribution in [3.05, 3.63) is 124 Å². The molecular weight excluding hydrogens is 711 g/mol. The largest absolute Gasteiger partial charge is 1.00 e. The van der Waals surface area contributed by atoms with Gasteiger partial charge in [-0.2, -0.15) is 8.42 Å². The molecule has 4 aliphatic rings. The lowest BCUT2D eigenvalue weighted by Crippen LogP contribution is -3.00. The predicted octanol–water partition coefficient (Wildman–Crippen LogP) is 5.88. The fraction of sp³-hybridized carbons (Fsp3) is 0.395. The number of carbonyl (C=O) groups excluding carboxylic acids is 1. The average molecular weight is 760 g/mol. The van der Waals surface area contributed by atoms with E-state index in [1.54, 1.807) is 18.2 Å². The van der Waals surface area contributed by atoms with E-state index in [0.717, 1.165) is 72.8 Å². The zero-order valence-corrected chi connectivity index (χ0v) is 33.0. The van der Waals surface area contributed by atoms with Crippen LogP contribution >= 0.6 is 11.6 Å². The maximum atomic E-state index is 12.3. The number of likely N-dealkylation sites (N-methyl/N-ethyl adjacent to an activating group) is 1. The Bertz CT molecular complexity index is 2070. The molecule has 0 saturated heterocycles. The van der Waals surface area contributed by atoms with Gasteiger partial charge in [0.1, 0.15) is 12.3 Å². The number of fused-ring (bicyclic) bond motifs is 2. The van der Waals surface area contributed by atoms with E-state index >= 15 is 0 Å². The van der Waals surface area contributed by atoms with Gasteiger partial charge in [0.05, 0.1) is 16.0 Å². The second-order valence-corrected chi connectivity index (χ2v) is 16.1. The fourth-order valence-corrected chi connectivity index (χ4v) is 8.72. The lowest BCUT2D eigenvalue weighted by molar-refractivity contribution is -0.553. The van der Waals surface area contributed by atoms with E-state index in [1.807, 2.05) is 30.4 Å². The standard InChI is InChI=1S/C43H48ClN2O4S.ClH/c1-6-45-37-25-24-33(51(48)49)29-35(37)43(4,5)38(45)26-22-30-20-21-31(41(30)44)23-27-39-42(2,3)34-17-12-13-18-36(34)46(39)28-14-8-11-19-40(47)50-32-15-9-7-10-16-32;/h7,9-10,12-13,15-18,22-26,29,31,38H,6,8,11,14,19-21,28H2,1-5H3;1H/q+1;/p-1/b26-22+;. The molecule has 0 amide bonds. The molecule has 2 aliphatic carbocycles. The van der Waals surface area contributed by atoms with E-state index in [-0.39, 0.29) is 41.2 Å². The second kappa shape index (κ2) is 16.4. The van der Waals surface area contributed by atoms with Crippen LogP contribution in [0, 0.1) is 11.3 Å². The third kappa shape index (κ3) is 7.89. The van der Waals surface area contributed by atoms with Crippen molar-refractivity contribution in [2.75, 3.05) is 18.0 Å². The van der Waals surface area contributed by atoms with Gasteiger partial charge in [0.2, 0.25) is 16.0 Å². The predicted molar refractivity (Wildman–Crippen MR) is 208 cm³/mol. The molecular formula is C43H48Cl2N2O4S. The molecule has 0 radical (unpaired) electrons. The van der Waals surface area contributed by atoms with Crippen LogP contribution in [0.1, 0.15) is 78.7 Å². The molecule has 0 aromatic heterocycles. The van der Waals surface area contributed by atoms with Crippen LogP contribution < -0.4 is 22.0 Å². The summed E-state index contributed by atoms with van der Waals surface area (Å²) in [5, 5.41) is 0.863. The Balaban J connectivity index is 0.00000523. The average Bonchev–Trinajstić information content (AvgIpc) is 3.65. The van der Waals surface area contributed by atoms with E-state index in [0.29, 0.717) is 17.0 Å². The number of para-hydroxylation sites is 2. The van der Waals surface area contributed by atoms with Gasteiger partial charge in [-0.15, -0.1) is 5.73 Å². The Morgan fingerprint density at radius 2 is 1.77 bits per heavy atom. The van der Waals surface area contributed by atoms with Crippen molar-refractivity contribution in [3.8, 4) is 5.75 Å². The Labute approximate surface area is 321 Å². The van der Waals surface area contributed by atoms with E-state index in [4.69, 9.17) is 16.3 Å². The number of halogens is 2. The Hall–Kier alpha value is -3.87. The van der Waals surface area contributed by atoms with Crippen molar-refractivity contribution >= 4 is 44.1 Å². The third-order valence-corrected chi connectivity index (χ3v) is 12.0. The molecule has 6 rings (SSSR count). The van der Waals surface area contributed by atoms with Gasteiger partial charge in [0.25, 0.3) is 0 Å². The van der Waals surface area contributed by atoms with Gasteiger partial charge in [-0.3, -0.25) is 4.79 Å². The number of ether oxygens (including phenoxy) is 1. The molecule has 0 fully saturated rings. The molecule has 52 heavy (non-hydrogen) atoms. The Kier molecular flexibility index (Phi) is 12.4. The van der Waals surface area contributed by atoms with Crippen LogP contribution in [0.25, 0.3) is 0 Å². The van der Waals surface area contributed by atoms with Crippen LogP contribution in [0.2, 0.25) is 0 Å². The van der Waals surface area contributed by atoms with Crippen molar-refractivity contribution in [2.45, 2.75) is 84.6 Å². The van der Waals surface area contributed by atoms with Gasteiger partial charge < -0.3 is 22.0 Å². The highest BCUT2D eigenvalue weighted by Gasteiger charge is 2.50. The second-order valence-electron chi connectivity index (χ2n) is 14.8. The number of hydrogen-bond donors (Lipinski definition) is 0. The quantitative estimate of drug-likeness (QED) is 0.0716. The molecule has 0 spiro atoms. The number of unbranched alkanes of at least 4 members (excludes halogenated alkanes) is 2. The highest BCUT2D eigenvalue weighted by atomic mass is 35.5. The smallest absolute Gasteiger partial charge is 0.311 e. The third-order valence-electron chi connectivity index (χ3n) is 10.8. The van der Waals surface area contributed by atoms with Crippen molar-refractivity contribution in [1.29, 1.82) is 0 Å². The van der Waals surface area contributed by atoms with Crippen LogP contribution in [-0.2, 0) is 20.5 Å². The maximum absolute atomic E-state index is 12.3. The van der Waals surface area contributed by atoms with Gasteiger partial charge in [-0.25, -0.2) is 4.58 Å². The molecule has 274 valence electrons. The normalized spacial score (nSPS) is 21.2. The van der Waals surface area contributed by atoms with Gasteiger partial charge in [-0.05, 0) is 114 Å². The Morgan fingerprint density at radius 1 is 1.04 bits per heavy atom. The first-order valence-corrected chi connectivity index (χ1v) is 19.6. The first kappa shape index (κ1) is 39.3. The van der Waals surface area contributed by atoms with Crippen molar-refractivity contribution in [2.24, 2.45) is 11.3 Å². The molecule has 9 heteroatoms. The number of hydrogen-bond acceptors (Lipinski definition) is 5. The van der Waals surface area contributed by atoms with E-state index in [2.05, 4.69) is 92.3 Å². The zero-order valence-electron chi connectivity index (χ0n) is 30.7. The minimum Gasteiger partial charge on any atom is -1.00 e. The summed E-state index contributed by atoms with van der Waals surface area (Å²) in [6.07, 6.45) is 16.9. The van der Waals surface area contributed by atoms with Crippen LogP contribution in [0.15, 0.2) is 119 Å². The summed E-state index contributed by atoms with van der Waals surface area (Å²) in [5.74, 6) is 0.478. The maximum Gasteiger partial charge on any atom is 0.311 e. The molecule has 0 saturated carbocycles. The number of benzene rings is 2. The van der Waals surface area contributed by atoms with Gasteiger partial charge in [0, 0.05) is 46.7 Å². The number of carbonyl (C=O) groups is 1. The first-order chi connectivity index (χ1) is 24.4. The van der Waals surface area contributed by atoms with Gasteiger partial charge in [0.15, 0.2) is 6.04 Å². The summed E-state index contributed by atoms with van der Waals surface area (Å²) in [5.41, 5.74) is 10.2. The van der Waals surface area contributed by atoms with Gasteiger partial charge >= 0.3 is 5.97 Å². The van der Waals surface area contributed by atoms with E-state index in [9.17, 15) is 13.2 Å². The van der Waals surface area contributed by atoms with E-state index in [1.165, 1.54) is 11.3 Å². The summed E-state index contributed by atoms with van der Waals surface area (Å²) < 4.78 is 31.3. The van der Waals surface area contributed by atoms with E-state index < -0.39 is 10.3 Å². The van der Waals surface area contributed by atoms with Crippen LogP contribution in [-0.4, -0.2) is 48.7 Å². The van der Waals surface area contributed by atoms with Crippen LogP contribution in [0.3, 0.4) is 0 Å². The molecule has 2 heterocycles. The molecule has 0 N–H and O–H groups in total. The molecule has 6 nitrogen and oxygen atoms in total. The minimum atomic E-state index is -2.27. The molecule has 0 bridgehead atoms. The topological polar surface area (TPSA) is 66.7 Å². The lowest BCUT2D eigenvalue weighted by atomic mass is 9.77. The molecule has 2 aromatic carbocycles. The summed E-state index contributed by atoms with van der Waals surface area (Å²) in [6, 6.07) is 17.9. The zero-order chi connectivity index (χ0) is 36.3. The number of anilines is 1. The SMILES string of the molecule is CC[N+]1=C2C=CC(=S(=O)=O)C=C2C(C)(C)C1/C=C/C1=C(Cl)C(C=C=C2N(CCCCCC(=O)Oc3ccccc3)c3ccccc3C2(C)C)CC1.[Cl-]. The van der Waals surface area contributed by atoms with Crippen molar-refractivity contribution in [1.82, 2.24) is 0 Å². The summed E-state index contributed by atoms with van der Waals surface area (Å²) in [6.45, 7) is 12.7. The van der Waals surface area contributed by atoms with Crippen molar-refractivity contribution in [3.63, 3.8) is 0 Å². The lowest BCUT2D eigenvalue weighted by Gasteiger charge is -2.25. The van der Waals surface area contributed by atoms with Crippen LogP contribution in [0.5, 0.6) is 5.75 Å². The summed E-state index contributed by atoms with van der Waals surface area (Å²) in [7, 11) is -2.27. The molecule has 2 atom stereocenters. The number of esters is 1. The number of nitrogens with zero attached hydrogens (tertiary/aromatic N) is 2. The minimum absolute atomic E-state index is 0. The monoisotopic (exact) mass is 758 g/mol. The van der Waals surface area contributed by atoms with Gasteiger partial charge in [-0.1, -0.05) is 60.5 Å².